The highest BCUT2D eigenvalue weighted by Crippen LogP contribution is 2.40. The first-order valence-electron chi connectivity index (χ1n) is 9.46. The number of hydrogen-bond donors (Lipinski definition) is 3. The molecule has 2 aromatic carbocycles. The van der Waals surface area contributed by atoms with Crippen LogP contribution in [-0.4, -0.2) is 22.9 Å². The molecule has 6 heteroatoms. The molecule has 1 fully saturated rings. The first kappa shape index (κ1) is 18.2. The molecule has 144 valence electrons. The van der Waals surface area contributed by atoms with Crippen LogP contribution in [0, 0.1) is 11.3 Å². The number of benzene rings is 2. The number of amides is 2. The van der Waals surface area contributed by atoms with Crippen molar-refractivity contribution in [3.63, 3.8) is 0 Å². The largest absolute Gasteiger partial charge is 0.481 e. The van der Waals surface area contributed by atoms with Crippen molar-refractivity contribution in [1.29, 1.82) is 0 Å². The Balaban J connectivity index is 1.43. The lowest BCUT2D eigenvalue weighted by atomic mass is 9.81. The fraction of sp³-hybridized carbons (Fsp3) is 0.318. The number of carboxylic acid groups (broad SMARTS) is 1. The smallest absolute Gasteiger partial charge is 0.310 e. The third kappa shape index (κ3) is 3.76. The van der Waals surface area contributed by atoms with Crippen molar-refractivity contribution in [1.82, 2.24) is 0 Å². The lowest BCUT2D eigenvalue weighted by Crippen LogP contribution is -2.36. The van der Waals surface area contributed by atoms with Crippen molar-refractivity contribution < 1.29 is 19.5 Å². The minimum atomic E-state index is -1.12. The van der Waals surface area contributed by atoms with Gasteiger partial charge in [0, 0.05) is 23.7 Å². The van der Waals surface area contributed by atoms with Gasteiger partial charge in [-0.05, 0) is 55.0 Å². The van der Waals surface area contributed by atoms with Gasteiger partial charge in [-0.2, -0.15) is 0 Å². The standard InChI is InChI=1S/C22H22N2O4/c25-19(13-22(21(27)28)11-15-4-1-2-5-16(15)12-22)23-17-6-3-7-18(10-17)24-20(26)14-8-9-14/h1-7,10,14H,8-9,11-13H2,(H,23,25)(H,24,26)(H,27,28). The van der Waals surface area contributed by atoms with E-state index in [4.69, 9.17) is 0 Å². The summed E-state index contributed by atoms with van der Waals surface area (Å²) in [4.78, 5) is 36.5. The van der Waals surface area contributed by atoms with Crippen LogP contribution in [0.25, 0.3) is 0 Å². The number of carboxylic acids is 1. The molecular weight excluding hydrogens is 356 g/mol. The second-order valence-corrected chi connectivity index (χ2v) is 7.78. The van der Waals surface area contributed by atoms with Gasteiger partial charge >= 0.3 is 5.97 Å². The second kappa shape index (κ2) is 7.11. The molecule has 1 saturated carbocycles. The predicted octanol–water partition coefficient (Wildman–Crippen LogP) is 3.23. The summed E-state index contributed by atoms with van der Waals surface area (Å²) in [7, 11) is 0. The minimum absolute atomic E-state index is 0.00275. The fourth-order valence-electron chi connectivity index (χ4n) is 3.82. The molecule has 2 aliphatic carbocycles. The van der Waals surface area contributed by atoms with E-state index in [0.29, 0.717) is 24.2 Å². The molecule has 0 unspecified atom stereocenters. The highest BCUT2D eigenvalue weighted by atomic mass is 16.4. The van der Waals surface area contributed by atoms with E-state index in [1.54, 1.807) is 24.3 Å². The SMILES string of the molecule is O=C(CC1(C(=O)O)Cc2ccccc2C1)Nc1cccc(NC(=O)C2CC2)c1. The van der Waals surface area contributed by atoms with Gasteiger partial charge < -0.3 is 15.7 Å². The molecule has 6 nitrogen and oxygen atoms in total. The van der Waals surface area contributed by atoms with E-state index in [9.17, 15) is 19.5 Å². The van der Waals surface area contributed by atoms with Gasteiger partial charge in [-0.25, -0.2) is 0 Å². The Hall–Kier alpha value is -3.15. The van der Waals surface area contributed by atoms with Gasteiger partial charge in [-0.15, -0.1) is 0 Å². The van der Waals surface area contributed by atoms with Gasteiger partial charge in [0.15, 0.2) is 0 Å². The Morgan fingerprint density at radius 3 is 2.11 bits per heavy atom. The van der Waals surface area contributed by atoms with Gasteiger partial charge in [0.25, 0.3) is 0 Å². The molecule has 2 aromatic rings. The normalized spacial score (nSPS) is 16.9. The maximum Gasteiger partial charge on any atom is 0.310 e. The molecule has 28 heavy (non-hydrogen) atoms. The zero-order chi connectivity index (χ0) is 19.7. The van der Waals surface area contributed by atoms with Crippen molar-refractivity contribution >= 4 is 29.2 Å². The van der Waals surface area contributed by atoms with Crippen LogP contribution in [0.2, 0.25) is 0 Å². The number of anilines is 2. The summed E-state index contributed by atoms with van der Waals surface area (Å²) < 4.78 is 0. The van der Waals surface area contributed by atoms with Crippen molar-refractivity contribution in [2.24, 2.45) is 11.3 Å². The number of fused-ring (bicyclic) bond motifs is 1. The summed E-state index contributed by atoms with van der Waals surface area (Å²) in [5.74, 6) is -1.21. The van der Waals surface area contributed by atoms with E-state index in [0.717, 1.165) is 24.0 Å². The minimum Gasteiger partial charge on any atom is -0.481 e. The molecule has 0 spiro atoms. The molecule has 0 saturated heterocycles. The van der Waals surface area contributed by atoms with Crippen molar-refractivity contribution in [3.05, 3.63) is 59.7 Å². The second-order valence-electron chi connectivity index (χ2n) is 7.78. The highest BCUT2D eigenvalue weighted by Gasteiger charge is 2.45. The summed E-state index contributed by atoms with van der Waals surface area (Å²) in [6, 6.07) is 14.5. The van der Waals surface area contributed by atoms with Crippen molar-refractivity contribution in [2.45, 2.75) is 32.1 Å². The number of nitrogens with one attached hydrogen (secondary N) is 2. The van der Waals surface area contributed by atoms with Crippen molar-refractivity contribution in [2.75, 3.05) is 10.6 Å². The molecule has 0 aromatic heterocycles. The lowest BCUT2D eigenvalue weighted by molar-refractivity contribution is -0.150. The summed E-state index contributed by atoms with van der Waals surface area (Å²) in [5, 5.41) is 15.4. The van der Waals surface area contributed by atoms with E-state index in [2.05, 4.69) is 10.6 Å². The number of aliphatic carboxylic acids is 1. The van der Waals surface area contributed by atoms with E-state index < -0.39 is 11.4 Å². The molecule has 3 N–H and O–H groups in total. The average molecular weight is 378 g/mol. The molecule has 0 aliphatic heterocycles. The Kier molecular flexibility index (Phi) is 4.63. The molecule has 0 bridgehead atoms. The van der Waals surface area contributed by atoms with Crippen molar-refractivity contribution in [3.8, 4) is 0 Å². The van der Waals surface area contributed by atoms with Crippen LogP contribution in [0.15, 0.2) is 48.5 Å². The summed E-state index contributed by atoms with van der Waals surface area (Å²) in [6.45, 7) is 0. The maximum atomic E-state index is 12.6. The van der Waals surface area contributed by atoms with Crippen LogP contribution in [0.4, 0.5) is 11.4 Å². The van der Waals surface area contributed by atoms with Crippen LogP contribution in [0.5, 0.6) is 0 Å². The third-order valence-electron chi connectivity index (χ3n) is 5.49. The van der Waals surface area contributed by atoms with Gasteiger partial charge in [-0.3, -0.25) is 14.4 Å². The number of carbonyl (C=O) groups excluding carboxylic acids is 2. The van der Waals surface area contributed by atoms with E-state index >= 15 is 0 Å². The molecule has 4 rings (SSSR count). The van der Waals surface area contributed by atoms with Gasteiger partial charge in [0.1, 0.15) is 0 Å². The molecule has 0 radical (unpaired) electrons. The molecule has 0 heterocycles. The van der Waals surface area contributed by atoms with Gasteiger partial charge in [-0.1, -0.05) is 30.3 Å². The molecular formula is C22H22N2O4. The average Bonchev–Trinajstić information content (AvgIpc) is 3.43. The van der Waals surface area contributed by atoms with Gasteiger partial charge in [0.05, 0.1) is 5.41 Å². The lowest BCUT2D eigenvalue weighted by Gasteiger charge is -2.23. The quantitative estimate of drug-likeness (QED) is 0.719. The Bertz CT molecular complexity index is 924. The third-order valence-corrected chi connectivity index (χ3v) is 5.49. The molecule has 2 aliphatic rings. The van der Waals surface area contributed by atoms with E-state index in [1.807, 2.05) is 24.3 Å². The van der Waals surface area contributed by atoms with E-state index in [-0.39, 0.29) is 24.2 Å². The van der Waals surface area contributed by atoms with E-state index in [1.165, 1.54) is 0 Å². The number of carbonyl (C=O) groups is 3. The maximum absolute atomic E-state index is 12.6. The van der Waals surface area contributed by atoms with Crippen LogP contribution in [0.1, 0.15) is 30.4 Å². The van der Waals surface area contributed by atoms with Crippen LogP contribution < -0.4 is 10.6 Å². The molecule has 0 atom stereocenters. The van der Waals surface area contributed by atoms with Crippen LogP contribution >= 0.6 is 0 Å². The van der Waals surface area contributed by atoms with Crippen LogP contribution in [0.3, 0.4) is 0 Å². The fourth-order valence-corrected chi connectivity index (χ4v) is 3.82. The first-order chi connectivity index (χ1) is 13.4. The highest BCUT2D eigenvalue weighted by molar-refractivity contribution is 5.97. The Labute approximate surface area is 163 Å². The number of rotatable bonds is 6. The predicted molar refractivity (Wildman–Crippen MR) is 105 cm³/mol. The topological polar surface area (TPSA) is 95.5 Å². The monoisotopic (exact) mass is 378 g/mol. The molecule has 2 amide bonds. The van der Waals surface area contributed by atoms with Crippen LogP contribution in [-0.2, 0) is 27.2 Å². The first-order valence-corrected chi connectivity index (χ1v) is 9.46. The summed E-state index contributed by atoms with van der Waals surface area (Å²) in [5.41, 5.74) is 2.02. The number of hydrogen-bond acceptors (Lipinski definition) is 3. The Morgan fingerprint density at radius 1 is 0.929 bits per heavy atom. The zero-order valence-electron chi connectivity index (χ0n) is 15.4. The summed E-state index contributed by atoms with van der Waals surface area (Å²) >= 11 is 0. The summed E-state index contributed by atoms with van der Waals surface area (Å²) in [6.07, 6.45) is 2.44. The Morgan fingerprint density at radius 2 is 1.54 bits per heavy atom. The zero-order valence-corrected chi connectivity index (χ0v) is 15.4. The van der Waals surface area contributed by atoms with Gasteiger partial charge in [0.2, 0.25) is 11.8 Å².